The van der Waals surface area contributed by atoms with Crippen molar-refractivity contribution in [1.29, 1.82) is 0 Å². The number of H-pyrrole nitrogens is 1. The second kappa shape index (κ2) is 8.30. The van der Waals surface area contributed by atoms with Crippen molar-refractivity contribution in [2.75, 3.05) is 11.1 Å². The molecule has 8 nitrogen and oxygen atoms in total. The van der Waals surface area contributed by atoms with Crippen LogP contribution in [0.25, 0.3) is 22.5 Å². The third-order valence-electron chi connectivity index (χ3n) is 6.98. The summed E-state index contributed by atoms with van der Waals surface area (Å²) in [5, 5.41) is 2.78. The van der Waals surface area contributed by atoms with Gasteiger partial charge >= 0.3 is 0 Å². The number of nitrogen functional groups attached to an aromatic ring is 1. The van der Waals surface area contributed by atoms with Gasteiger partial charge in [-0.3, -0.25) is 14.6 Å². The molecule has 0 saturated heterocycles. The second-order valence-electron chi connectivity index (χ2n) is 9.31. The van der Waals surface area contributed by atoms with E-state index in [1.165, 1.54) is 18.2 Å². The number of anilines is 2. The largest absolute Gasteiger partial charge is 0.398 e. The number of fused-ring (bicyclic) bond motifs is 2. The number of hydrogen-bond acceptors (Lipinski definition) is 5. The van der Waals surface area contributed by atoms with Crippen LogP contribution in [0.1, 0.15) is 48.8 Å². The number of aromatic amines is 1. The summed E-state index contributed by atoms with van der Waals surface area (Å²) in [5.41, 5.74) is 10.5. The molecule has 3 aromatic heterocycles. The Kier molecular flexibility index (Phi) is 5.19. The lowest BCUT2D eigenvalue weighted by Crippen LogP contribution is -2.24. The molecule has 0 fully saturated rings. The van der Waals surface area contributed by atoms with E-state index in [0.717, 1.165) is 22.6 Å². The van der Waals surface area contributed by atoms with Crippen LogP contribution in [0.3, 0.4) is 0 Å². The number of amides is 1. The fourth-order valence-electron chi connectivity index (χ4n) is 5.17. The van der Waals surface area contributed by atoms with Crippen molar-refractivity contribution >= 4 is 28.9 Å². The molecule has 1 amide bonds. The predicted molar refractivity (Wildman–Crippen MR) is 135 cm³/mol. The number of nitrogens with one attached hydrogen (secondary N) is 2. The van der Waals surface area contributed by atoms with Crippen molar-refractivity contribution in [1.82, 2.24) is 19.5 Å². The molecule has 10 heteroatoms. The van der Waals surface area contributed by atoms with Crippen molar-refractivity contribution in [2.24, 2.45) is 0 Å². The Morgan fingerprint density at radius 2 is 1.97 bits per heavy atom. The van der Waals surface area contributed by atoms with Gasteiger partial charge < -0.3 is 20.6 Å². The summed E-state index contributed by atoms with van der Waals surface area (Å²) in [6.07, 6.45) is 5.11. The molecule has 5 heterocycles. The van der Waals surface area contributed by atoms with Crippen molar-refractivity contribution in [2.45, 2.75) is 38.1 Å². The standard InChI is InChI=1S/C26H22ClFN6O2/c1-12-6-21(26-31-11-19(33-26)17-7-13-2-5-22(35)32-18(13)10-30-17)34-20(12)8-14(9-23(34)36)24-16(29)4-3-15(27)25(24)28/h3-4,7-12,21H,2,5-6,29H2,1H3,(H,31,33)(H,32,35)/t12-,21-/m0/s1. The number of rotatable bonds is 3. The Bertz CT molecular complexity index is 1610. The van der Waals surface area contributed by atoms with Crippen LogP contribution in [0.5, 0.6) is 0 Å². The molecule has 4 aromatic rings. The van der Waals surface area contributed by atoms with E-state index < -0.39 is 5.82 Å². The molecule has 2 aliphatic heterocycles. The van der Waals surface area contributed by atoms with E-state index in [4.69, 9.17) is 17.3 Å². The van der Waals surface area contributed by atoms with Gasteiger partial charge in [0.2, 0.25) is 5.91 Å². The lowest BCUT2D eigenvalue weighted by atomic mass is 9.99. The quantitative estimate of drug-likeness (QED) is 0.351. The van der Waals surface area contributed by atoms with Gasteiger partial charge in [0, 0.05) is 29.4 Å². The number of aromatic nitrogens is 4. The van der Waals surface area contributed by atoms with Crippen LogP contribution in [-0.4, -0.2) is 25.4 Å². The molecule has 36 heavy (non-hydrogen) atoms. The molecule has 0 radical (unpaired) electrons. The summed E-state index contributed by atoms with van der Waals surface area (Å²) >= 11 is 5.97. The lowest BCUT2D eigenvalue weighted by Gasteiger charge is -2.16. The summed E-state index contributed by atoms with van der Waals surface area (Å²) < 4.78 is 16.5. The number of imidazole rings is 1. The second-order valence-corrected chi connectivity index (χ2v) is 9.72. The number of benzene rings is 1. The number of pyridine rings is 2. The average molecular weight is 505 g/mol. The highest BCUT2D eigenvalue weighted by Crippen LogP contribution is 2.41. The van der Waals surface area contributed by atoms with Crippen molar-refractivity contribution in [3.8, 4) is 22.5 Å². The number of hydrogen-bond donors (Lipinski definition) is 3. The number of carbonyl (C=O) groups excluding carboxylic acids is 1. The Morgan fingerprint density at radius 1 is 1.14 bits per heavy atom. The van der Waals surface area contributed by atoms with Gasteiger partial charge in [-0.1, -0.05) is 18.5 Å². The zero-order valence-corrected chi connectivity index (χ0v) is 20.1. The minimum Gasteiger partial charge on any atom is -0.398 e. The van der Waals surface area contributed by atoms with E-state index >= 15 is 0 Å². The monoisotopic (exact) mass is 504 g/mol. The highest BCUT2D eigenvalue weighted by atomic mass is 35.5. The van der Waals surface area contributed by atoms with Crippen LogP contribution in [0, 0.1) is 5.82 Å². The van der Waals surface area contributed by atoms with Gasteiger partial charge in [0.05, 0.1) is 40.5 Å². The summed E-state index contributed by atoms with van der Waals surface area (Å²) in [5.74, 6) is 0.0252. The minimum atomic E-state index is -0.643. The molecule has 1 aromatic carbocycles. The van der Waals surface area contributed by atoms with Gasteiger partial charge in [0.15, 0.2) is 5.82 Å². The molecular weight excluding hydrogens is 483 g/mol. The van der Waals surface area contributed by atoms with Gasteiger partial charge in [0.25, 0.3) is 5.56 Å². The summed E-state index contributed by atoms with van der Waals surface area (Å²) in [7, 11) is 0. The predicted octanol–water partition coefficient (Wildman–Crippen LogP) is 4.66. The van der Waals surface area contributed by atoms with Crippen LogP contribution < -0.4 is 16.6 Å². The summed E-state index contributed by atoms with van der Waals surface area (Å²) in [6, 6.07) is 7.77. The molecule has 0 spiro atoms. The Labute approximate surface area is 210 Å². The van der Waals surface area contributed by atoms with E-state index in [1.54, 1.807) is 23.0 Å². The van der Waals surface area contributed by atoms with E-state index in [0.29, 0.717) is 36.3 Å². The first kappa shape index (κ1) is 22.5. The molecule has 6 rings (SSSR count). The van der Waals surface area contributed by atoms with Crippen molar-refractivity contribution in [3.05, 3.63) is 81.0 Å². The lowest BCUT2D eigenvalue weighted by molar-refractivity contribution is -0.116. The fourth-order valence-corrected chi connectivity index (χ4v) is 5.33. The average Bonchev–Trinajstić information content (AvgIpc) is 3.47. The van der Waals surface area contributed by atoms with E-state index in [9.17, 15) is 14.0 Å². The fraction of sp³-hybridized carbons (Fsp3) is 0.231. The molecule has 0 bridgehead atoms. The zero-order chi connectivity index (χ0) is 25.1. The van der Waals surface area contributed by atoms with E-state index in [2.05, 4.69) is 20.3 Å². The van der Waals surface area contributed by atoms with E-state index in [-0.39, 0.29) is 39.7 Å². The molecule has 0 aliphatic carbocycles. The highest BCUT2D eigenvalue weighted by Gasteiger charge is 2.33. The maximum absolute atomic E-state index is 14.8. The van der Waals surface area contributed by atoms with Crippen LogP contribution in [0.4, 0.5) is 15.8 Å². The molecule has 2 aliphatic rings. The van der Waals surface area contributed by atoms with E-state index in [1.807, 2.05) is 13.0 Å². The molecular formula is C26H22ClFN6O2. The third kappa shape index (κ3) is 3.58. The SMILES string of the molecule is C[C@H]1C[C@@H](c2ncc(-c3cc4c(cn3)NC(=O)CC4)[nH]2)n2c1cc(-c1c(N)ccc(Cl)c1F)cc2=O. The number of halogens is 2. The topological polar surface area (TPSA) is 119 Å². The first-order chi connectivity index (χ1) is 17.3. The normalized spacial score (nSPS) is 18.6. The molecule has 0 unspecified atom stereocenters. The van der Waals surface area contributed by atoms with Crippen molar-refractivity contribution < 1.29 is 9.18 Å². The summed E-state index contributed by atoms with van der Waals surface area (Å²) in [6.45, 7) is 2.02. The van der Waals surface area contributed by atoms with Crippen LogP contribution in [-0.2, 0) is 11.2 Å². The minimum absolute atomic E-state index is 0.00992. The van der Waals surface area contributed by atoms with Crippen LogP contribution in [0.15, 0.2) is 47.5 Å². The Hall–Kier alpha value is -3.98. The first-order valence-corrected chi connectivity index (χ1v) is 12.0. The molecule has 4 N–H and O–H groups in total. The van der Waals surface area contributed by atoms with Gasteiger partial charge in [-0.25, -0.2) is 9.37 Å². The molecule has 2 atom stereocenters. The third-order valence-corrected chi connectivity index (χ3v) is 7.27. The van der Waals surface area contributed by atoms with Crippen LogP contribution in [0.2, 0.25) is 5.02 Å². The zero-order valence-electron chi connectivity index (χ0n) is 19.3. The molecule has 0 saturated carbocycles. The Balaban J connectivity index is 1.37. The first-order valence-electron chi connectivity index (χ1n) is 11.6. The van der Waals surface area contributed by atoms with Crippen LogP contribution >= 0.6 is 11.6 Å². The smallest absolute Gasteiger partial charge is 0.252 e. The maximum atomic E-state index is 14.8. The number of nitrogens with two attached hydrogens (primary N) is 1. The van der Waals surface area contributed by atoms with Gasteiger partial charge in [-0.15, -0.1) is 0 Å². The van der Waals surface area contributed by atoms with Gasteiger partial charge in [-0.2, -0.15) is 0 Å². The number of nitrogens with zero attached hydrogens (tertiary/aromatic N) is 3. The highest BCUT2D eigenvalue weighted by molar-refractivity contribution is 6.31. The number of aryl methyl sites for hydroxylation is 1. The number of carbonyl (C=O) groups is 1. The maximum Gasteiger partial charge on any atom is 0.252 e. The molecule has 182 valence electrons. The van der Waals surface area contributed by atoms with Crippen molar-refractivity contribution in [3.63, 3.8) is 0 Å². The van der Waals surface area contributed by atoms with Gasteiger partial charge in [-0.05, 0) is 54.2 Å². The summed E-state index contributed by atoms with van der Waals surface area (Å²) in [4.78, 5) is 37.3. The van der Waals surface area contributed by atoms with Gasteiger partial charge in [0.1, 0.15) is 5.82 Å². The Morgan fingerprint density at radius 3 is 2.81 bits per heavy atom.